The van der Waals surface area contributed by atoms with Crippen molar-refractivity contribution in [1.82, 2.24) is 10.2 Å². The summed E-state index contributed by atoms with van der Waals surface area (Å²) in [5, 5.41) is 5.12. The molecule has 4 heteroatoms. The molecule has 1 unspecified atom stereocenters. The van der Waals surface area contributed by atoms with Gasteiger partial charge in [0.15, 0.2) is 0 Å². The van der Waals surface area contributed by atoms with Crippen molar-refractivity contribution in [3.8, 4) is 0 Å². The second kappa shape index (κ2) is 7.28. The van der Waals surface area contributed by atoms with Gasteiger partial charge in [0.25, 0.3) is 5.91 Å². The van der Waals surface area contributed by atoms with Crippen LogP contribution in [0.3, 0.4) is 0 Å². The Balaban J connectivity index is 1.71. The zero-order valence-corrected chi connectivity index (χ0v) is 14.7. The van der Waals surface area contributed by atoms with Gasteiger partial charge in [0, 0.05) is 16.8 Å². The number of carbonyl (C=O) groups excluding carboxylic acids is 1. The Labute approximate surface area is 142 Å². The molecule has 0 spiro atoms. The molecule has 3 nitrogen and oxygen atoms in total. The van der Waals surface area contributed by atoms with Crippen LogP contribution in [0.15, 0.2) is 35.7 Å². The summed E-state index contributed by atoms with van der Waals surface area (Å²) in [5.41, 5.74) is 3.21. The fourth-order valence-electron chi connectivity index (χ4n) is 3.21. The van der Waals surface area contributed by atoms with Crippen LogP contribution in [0.25, 0.3) is 0 Å². The number of thiophene rings is 1. The molecule has 1 N–H and O–H groups in total. The van der Waals surface area contributed by atoms with E-state index in [0.717, 1.165) is 24.2 Å². The smallest absolute Gasteiger partial charge is 0.252 e. The molecule has 1 aromatic carbocycles. The molecule has 1 saturated heterocycles. The third kappa shape index (κ3) is 3.65. The topological polar surface area (TPSA) is 32.3 Å². The second-order valence-electron chi connectivity index (χ2n) is 6.21. The molecule has 1 aliphatic heterocycles. The Bertz CT molecular complexity index is 659. The highest BCUT2D eigenvalue weighted by Crippen LogP contribution is 2.25. The minimum atomic E-state index is 0.0481. The maximum atomic E-state index is 12.5. The van der Waals surface area contributed by atoms with E-state index in [1.54, 1.807) is 11.3 Å². The van der Waals surface area contributed by atoms with Gasteiger partial charge < -0.3 is 5.32 Å². The van der Waals surface area contributed by atoms with Crippen molar-refractivity contribution < 1.29 is 4.79 Å². The first-order valence-corrected chi connectivity index (χ1v) is 9.16. The number of benzene rings is 1. The number of nitrogens with zero attached hydrogens (tertiary/aromatic N) is 1. The summed E-state index contributed by atoms with van der Waals surface area (Å²) in [5.74, 6) is 0.0481. The second-order valence-corrected chi connectivity index (χ2v) is 7.29. The molecule has 0 saturated carbocycles. The number of hydrogen-bond donors (Lipinski definition) is 1. The fourth-order valence-corrected chi connectivity index (χ4v) is 4.07. The Kier molecular flexibility index (Phi) is 5.13. The molecule has 1 aliphatic rings. The van der Waals surface area contributed by atoms with Crippen LogP contribution >= 0.6 is 11.3 Å². The van der Waals surface area contributed by atoms with Crippen molar-refractivity contribution in [3.05, 3.63) is 57.3 Å². The monoisotopic (exact) mass is 328 g/mol. The van der Waals surface area contributed by atoms with E-state index in [-0.39, 0.29) is 11.9 Å². The van der Waals surface area contributed by atoms with Crippen LogP contribution in [0.5, 0.6) is 0 Å². The summed E-state index contributed by atoms with van der Waals surface area (Å²) in [6.07, 6.45) is 2.50. The van der Waals surface area contributed by atoms with Crippen LogP contribution in [-0.2, 0) is 0 Å². The van der Waals surface area contributed by atoms with Gasteiger partial charge in [-0.15, -0.1) is 11.3 Å². The first kappa shape index (κ1) is 16.2. The molecule has 1 amide bonds. The van der Waals surface area contributed by atoms with Crippen molar-refractivity contribution in [3.63, 3.8) is 0 Å². The first-order valence-electron chi connectivity index (χ1n) is 8.28. The molecule has 0 bridgehead atoms. The number of aryl methyl sites for hydroxylation is 1. The maximum absolute atomic E-state index is 12.5. The molecule has 1 atom stereocenters. The Morgan fingerprint density at radius 2 is 1.91 bits per heavy atom. The summed E-state index contributed by atoms with van der Waals surface area (Å²) in [4.78, 5) is 16.2. The van der Waals surface area contributed by atoms with Crippen molar-refractivity contribution in [1.29, 1.82) is 0 Å². The van der Waals surface area contributed by atoms with Crippen LogP contribution < -0.4 is 5.32 Å². The zero-order chi connectivity index (χ0) is 16.2. The molecule has 122 valence electrons. The van der Waals surface area contributed by atoms with Crippen LogP contribution in [0.1, 0.15) is 45.2 Å². The van der Waals surface area contributed by atoms with Crippen molar-refractivity contribution in [2.45, 2.75) is 32.7 Å². The summed E-state index contributed by atoms with van der Waals surface area (Å²) < 4.78 is 0. The molecule has 2 heterocycles. The van der Waals surface area contributed by atoms with Gasteiger partial charge in [0.05, 0.1) is 11.6 Å². The fraction of sp³-hybridized carbons (Fsp3) is 0.421. The lowest BCUT2D eigenvalue weighted by Gasteiger charge is -2.28. The molecular weight excluding hydrogens is 304 g/mol. The highest BCUT2D eigenvalue weighted by atomic mass is 32.1. The quantitative estimate of drug-likeness (QED) is 0.902. The van der Waals surface area contributed by atoms with E-state index in [1.165, 1.54) is 23.3 Å². The van der Waals surface area contributed by atoms with Gasteiger partial charge in [0.2, 0.25) is 0 Å². The number of likely N-dealkylation sites (tertiary alicyclic amines) is 1. The van der Waals surface area contributed by atoms with Crippen molar-refractivity contribution >= 4 is 17.2 Å². The standard InChI is InChI=1S/C19H24N2OS/c1-14-15(2)23-13-17(14)19(22)20-12-18(21-10-6-7-11-21)16-8-4-3-5-9-16/h3-5,8-9,13,18H,6-7,10-12H2,1-2H3,(H,20,22). The van der Waals surface area contributed by atoms with Gasteiger partial charge in [-0.05, 0) is 50.9 Å². The summed E-state index contributed by atoms with van der Waals surface area (Å²) in [7, 11) is 0. The molecule has 23 heavy (non-hydrogen) atoms. The van der Waals surface area contributed by atoms with Gasteiger partial charge in [-0.2, -0.15) is 0 Å². The predicted molar refractivity (Wildman–Crippen MR) is 96.1 cm³/mol. The lowest BCUT2D eigenvalue weighted by atomic mass is 10.1. The average Bonchev–Trinajstić information content (AvgIpc) is 3.20. The molecule has 0 aliphatic carbocycles. The van der Waals surface area contributed by atoms with Crippen LogP contribution in [0.4, 0.5) is 0 Å². The number of carbonyl (C=O) groups is 1. The molecular formula is C19H24N2OS. The van der Waals surface area contributed by atoms with E-state index in [9.17, 15) is 4.79 Å². The lowest BCUT2D eigenvalue weighted by Crippen LogP contribution is -2.36. The Morgan fingerprint density at radius 1 is 1.22 bits per heavy atom. The van der Waals surface area contributed by atoms with E-state index >= 15 is 0 Å². The van der Waals surface area contributed by atoms with E-state index < -0.39 is 0 Å². The van der Waals surface area contributed by atoms with Gasteiger partial charge in [-0.1, -0.05) is 30.3 Å². The maximum Gasteiger partial charge on any atom is 0.252 e. The summed E-state index contributed by atoms with van der Waals surface area (Å²) in [6, 6.07) is 10.8. The lowest BCUT2D eigenvalue weighted by molar-refractivity contribution is 0.0937. The minimum Gasteiger partial charge on any atom is -0.350 e. The molecule has 1 aromatic heterocycles. The van der Waals surface area contributed by atoms with Crippen molar-refractivity contribution in [2.75, 3.05) is 19.6 Å². The average molecular weight is 328 g/mol. The van der Waals surface area contributed by atoms with Crippen molar-refractivity contribution in [2.24, 2.45) is 0 Å². The normalized spacial score (nSPS) is 16.4. The van der Waals surface area contributed by atoms with Gasteiger partial charge >= 0.3 is 0 Å². The predicted octanol–water partition coefficient (Wildman–Crippen LogP) is 3.93. The number of hydrogen-bond acceptors (Lipinski definition) is 3. The third-order valence-corrected chi connectivity index (χ3v) is 5.77. The van der Waals surface area contributed by atoms with Crippen LogP contribution in [0, 0.1) is 13.8 Å². The van der Waals surface area contributed by atoms with Crippen LogP contribution in [0.2, 0.25) is 0 Å². The van der Waals surface area contributed by atoms with E-state index in [2.05, 4.69) is 41.4 Å². The zero-order valence-electron chi connectivity index (χ0n) is 13.8. The number of rotatable bonds is 5. The van der Waals surface area contributed by atoms with Gasteiger partial charge in [0.1, 0.15) is 0 Å². The molecule has 2 aromatic rings. The first-order chi connectivity index (χ1) is 11.2. The van der Waals surface area contributed by atoms with E-state index in [0.29, 0.717) is 6.54 Å². The molecule has 3 rings (SSSR count). The van der Waals surface area contributed by atoms with Crippen LogP contribution in [-0.4, -0.2) is 30.4 Å². The Hall–Kier alpha value is -1.65. The highest BCUT2D eigenvalue weighted by Gasteiger charge is 2.24. The van der Waals surface area contributed by atoms with Gasteiger partial charge in [-0.25, -0.2) is 0 Å². The Morgan fingerprint density at radius 3 is 2.52 bits per heavy atom. The molecule has 1 fully saturated rings. The number of amides is 1. The highest BCUT2D eigenvalue weighted by molar-refractivity contribution is 7.10. The van der Waals surface area contributed by atoms with E-state index in [1.807, 2.05) is 18.4 Å². The summed E-state index contributed by atoms with van der Waals surface area (Å²) >= 11 is 1.64. The molecule has 0 radical (unpaired) electrons. The minimum absolute atomic E-state index is 0.0481. The number of nitrogens with one attached hydrogen (secondary N) is 1. The summed E-state index contributed by atoms with van der Waals surface area (Å²) in [6.45, 7) is 6.99. The van der Waals surface area contributed by atoms with E-state index in [4.69, 9.17) is 0 Å². The largest absolute Gasteiger partial charge is 0.350 e. The SMILES string of the molecule is Cc1scc(C(=O)NCC(c2ccccc2)N2CCCC2)c1C. The third-order valence-electron chi connectivity index (χ3n) is 4.75. The van der Waals surface area contributed by atoms with Gasteiger partial charge in [-0.3, -0.25) is 9.69 Å².